The monoisotopic (exact) mass is 452 g/mol. The standard InChI is InChI=1S/C26H32N2O3S/c1-19-13-21(15-26(2,3)14-19)27-25(29)17-28-16-24(22-11-7-8-12-23(22)28)32(30,31)18-20-9-5-4-6-10-20/h4-12,16,19,21H,13-15,17-18H2,1-3H3,(H,27,29). The maximum atomic E-state index is 13.2. The van der Waals surface area contributed by atoms with Crippen molar-refractivity contribution in [3.8, 4) is 0 Å². The Hall–Kier alpha value is -2.60. The van der Waals surface area contributed by atoms with Crippen molar-refractivity contribution in [1.29, 1.82) is 0 Å². The fraction of sp³-hybridized carbons (Fsp3) is 0.423. The number of rotatable bonds is 6. The smallest absolute Gasteiger partial charge is 0.240 e. The topological polar surface area (TPSA) is 68.2 Å². The molecule has 1 aromatic heterocycles. The summed E-state index contributed by atoms with van der Waals surface area (Å²) in [4.78, 5) is 13.2. The SMILES string of the molecule is CC1CC(NC(=O)Cn2cc(S(=O)(=O)Cc3ccccc3)c3ccccc32)CC(C)(C)C1. The summed E-state index contributed by atoms with van der Waals surface area (Å²) in [6, 6.07) is 16.7. The fourth-order valence-electron chi connectivity index (χ4n) is 5.35. The number of nitrogens with zero attached hydrogens (tertiary/aromatic N) is 1. The maximum absolute atomic E-state index is 13.2. The number of sulfone groups is 1. The summed E-state index contributed by atoms with van der Waals surface area (Å²) < 4.78 is 28.2. The first-order chi connectivity index (χ1) is 15.1. The molecule has 170 valence electrons. The minimum absolute atomic E-state index is 0.0664. The van der Waals surface area contributed by atoms with Crippen LogP contribution < -0.4 is 5.32 Å². The van der Waals surface area contributed by atoms with Crippen LogP contribution in [-0.2, 0) is 26.9 Å². The molecule has 1 fully saturated rings. The molecule has 2 aromatic carbocycles. The molecule has 1 heterocycles. The van der Waals surface area contributed by atoms with E-state index in [2.05, 4.69) is 26.1 Å². The van der Waals surface area contributed by atoms with Gasteiger partial charge in [0.1, 0.15) is 6.54 Å². The Balaban J connectivity index is 1.57. The largest absolute Gasteiger partial charge is 0.352 e. The summed E-state index contributed by atoms with van der Waals surface area (Å²) >= 11 is 0. The summed E-state index contributed by atoms with van der Waals surface area (Å²) in [5.41, 5.74) is 1.72. The maximum Gasteiger partial charge on any atom is 0.240 e. The predicted molar refractivity (Wildman–Crippen MR) is 128 cm³/mol. The van der Waals surface area contributed by atoms with Gasteiger partial charge in [-0.3, -0.25) is 4.79 Å². The van der Waals surface area contributed by atoms with Crippen LogP contribution in [0, 0.1) is 11.3 Å². The average molecular weight is 453 g/mol. The molecule has 1 saturated carbocycles. The van der Waals surface area contributed by atoms with Crippen LogP contribution in [-0.4, -0.2) is 24.9 Å². The van der Waals surface area contributed by atoms with E-state index in [9.17, 15) is 13.2 Å². The lowest BCUT2D eigenvalue weighted by molar-refractivity contribution is -0.122. The van der Waals surface area contributed by atoms with Gasteiger partial charge in [-0.15, -0.1) is 0 Å². The highest BCUT2D eigenvalue weighted by molar-refractivity contribution is 7.90. The molecule has 0 aliphatic heterocycles. The van der Waals surface area contributed by atoms with Gasteiger partial charge in [-0.1, -0.05) is 69.3 Å². The Morgan fingerprint density at radius 3 is 2.47 bits per heavy atom. The normalized spacial score (nSPS) is 20.8. The van der Waals surface area contributed by atoms with Crippen LogP contribution in [0.4, 0.5) is 0 Å². The van der Waals surface area contributed by atoms with Gasteiger partial charge in [0.05, 0.1) is 10.6 Å². The third-order valence-electron chi connectivity index (χ3n) is 6.35. The van der Waals surface area contributed by atoms with E-state index < -0.39 is 9.84 Å². The molecule has 1 amide bonds. The van der Waals surface area contributed by atoms with Gasteiger partial charge in [-0.2, -0.15) is 0 Å². The minimum Gasteiger partial charge on any atom is -0.352 e. The first-order valence-corrected chi connectivity index (χ1v) is 12.9. The number of hydrogen-bond acceptors (Lipinski definition) is 3. The van der Waals surface area contributed by atoms with Crippen LogP contribution in [0.15, 0.2) is 65.7 Å². The van der Waals surface area contributed by atoms with Crippen molar-refractivity contribution in [3.05, 3.63) is 66.4 Å². The lowest BCUT2D eigenvalue weighted by atomic mass is 9.70. The quantitative estimate of drug-likeness (QED) is 0.576. The highest BCUT2D eigenvalue weighted by Crippen LogP contribution is 2.38. The Labute approximate surface area is 190 Å². The molecule has 6 heteroatoms. The number of nitrogens with one attached hydrogen (secondary N) is 1. The van der Waals surface area contributed by atoms with Crippen LogP contribution in [0.1, 0.15) is 45.6 Å². The van der Waals surface area contributed by atoms with Crippen LogP contribution in [0.25, 0.3) is 10.9 Å². The average Bonchev–Trinajstić information content (AvgIpc) is 3.06. The molecular formula is C26H32N2O3S. The molecule has 1 aliphatic rings. The van der Waals surface area contributed by atoms with E-state index in [1.165, 1.54) is 6.42 Å². The fourth-order valence-corrected chi connectivity index (χ4v) is 6.93. The highest BCUT2D eigenvalue weighted by atomic mass is 32.2. The van der Waals surface area contributed by atoms with Crippen molar-refractivity contribution in [2.75, 3.05) is 0 Å². The highest BCUT2D eigenvalue weighted by Gasteiger charge is 2.32. The van der Waals surface area contributed by atoms with Crippen molar-refractivity contribution in [2.24, 2.45) is 11.3 Å². The van der Waals surface area contributed by atoms with Gasteiger partial charge in [-0.05, 0) is 42.2 Å². The molecule has 0 radical (unpaired) electrons. The lowest BCUT2D eigenvalue weighted by Gasteiger charge is -2.39. The van der Waals surface area contributed by atoms with Crippen molar-refractivity contribution in [1.82, 2.24) is 9.88 Å². The zero-order valence-corrected chi connectivity index (χ0v) is 19.9. The van der Waals surface area contributed by atoms with E-state index in [1.807, 2.05) is 54.6 Å². The number of carbonyl (C=O) groups is 1. The van der Waals surface area contributed by atoms with E-state index in [-0.39, 0.29) is 34.6 Å². The first kappa shape index (κ1) is 22.6. The van der Waals surface area contributed by atoms with Gasteiger partial charge in [-0.25, -0.2) is 8.42 Å². The van der Waals surface area contributed by atoms with Crippen molar-refractivity contribution >= 4 is 26.6 Å². The molecule has 32 heavy (non-hydrogen) atoms. The van der Waals surface area contributed by atoms with E-state index in [0.29, 0.717) is 11.3 Å². The summed E-state index contributed by atoms with van der Waals surface area (Å²) in [6.45, 7) is 6.85. The number of fused-ring (bicyclic) bond motifs is 1. The summed E-state index contributed by atoms with van der Waals surface area (Å²) in [6.07, 6.45) is 4.74. The van der Waals surface area contributed by atoms with Crippen LogP contribution in [0.3, 0.4) is 0 Å². The van der Waals surface area contributed by atoms with E-state index in [4.69, 9.17) is 0 Å². The number of benzene rings is 2. The van der Waals surface area contributed by atoms with Gasteiger partial charge >= 0.3 is 0 Å². The summed E-state index contributed by atoms with van der Waals surface area (Å²) in [7, 11) is -3.56. The first-order valence-electron chi connectivity index (χ1n) is 11.3. The van der Waals surface area contributed by atoms with Crippen molar-refractivity contribution in [3.63, 3.8) is 0 Å². The van der Waals surface area contributed by atoms with Gasteiger partial charge in [0, 0.05) is 23.1 Å². The second-order valence-electron chi connectivity index (χ2n) is 10.1. The molecule has 4 rings (SSSR count). The van der Waals surface area contributed by atoms with Crippen LogP contribution in [0.5, 0.6) is 0 Å². The number of para-hydroxylation sites is 1. The molecule has 0 bridgehead atoms. The second-order valence-corrected chi connectivity index (χ2v) is 12.0. The van der Waals surface area contributed by atoms with Gasteiger partial charge in [0.15, 0.2) is 9.84 Å². The number of carbonyl (C=O) groups excluding carboxylic acids is 1. The molecule has 0 spiro atoms. The predicted octanol–water partition coefficient (Wildman–Crippen LogP) is 4.95. The van der Waals surface area contributed by atoms with Gasteiger partial charge < -0.3 is 9.88 Å². The molecular weight excluding hydrogens is 420 g/mol. The van der Waals surface area contributed by atoms with Gasteiger partial charge in [0.25, 0.3) is 0 Å². The molecule has 3 aromatic rings. The Bertz CT molecular complexity index is 1210. The van der Waals surface area contributed by atoms with Gasteiger partial charge in [0.2, 0.25) is 5.91 Å². The third kappa shape index (κ3) is 5.07. The summed E-state index contributed by atoms with van der Waals surface area (Å²) in [5, 5.41) is 3.85. The Morgan fingerprint density at radius 1 is 1.06 bits per heavy atom. The van der Waals surface area contributed by atoms with Crippen molar-refractivity contribution in [2.45, 2.75) is 63.3 Å². The second kappa shape index (κ2) is 8.74. The lowest BCUT2D eigenvalue weighted by Crippen LogP contribution is -2.44. The molecule has 2 atom stereocenters. The van der Waals surface area contributed by atoms with Crippen molar-refractivity contribution < 1.29 is 13.2 Å². The van der Waals surface area contributed by atoms with E-state index >= 15 is 0 Å². The van der Waals surface area contributed by atoms with E-state index in [0.717, 1.165) is 23.9 Å². The molecule has 2 unspecified atom stereocenters. The Morgan fingerprint density at radius 2 is 1.75 bits per heavy atom. The van der Waals surface area contributed by atoms with E-state index in [1.54, 1.807) is 10.8 Å². The molecule has 5 nitrogen and oxygen atoms in total. The zero-order valence-electron chi connectivity index (χ0n) is 19.0. The number of aromatic nitrogens is 1. The zero-order chi connectivity index (χ0) is 22.9. The van der Waals surface area contributed by atoms with Crippen LogP contribution in [0.2, 0.25) is 0 Å². The summed E-state index contributed by atoms with van der Waals surface area (Å²) in [5.74, 6) is 0.433. The molecule has 1 N–H and O–H groups in total. The molecule has 0 saturated heterocycles. The van der Waals surface area contributed by atoms with Crippen LogP contribution >= 0.6 is 0 Å². The number of amides is 1. The number of hydrogen-bond donors (Lipinski definition) is 1. The third-order valence-corrected chi connectivity index (χ3v) is 8.06. The minimum atomic E-state index is -3.56. The molecule has 1 aliphatic carbocycles. The Kier molecular flexibility index (Phi) is 6.17.